The number of hydrogen-bond donors (Lipinski definition) is 1. The molecule has 9 heteroatoms. The lowest BCUT2D eigenvalue weighted by Crippen LogP contribution is -2.31. The molecule has 1 atom stereocenters. The van der Waals surface area contributed by atoms with Gasteiger partial charge in [0.1, 0.15) is 6.17 Å². The minimum atomic E-state index is -0.519. The molecule has 27 heavy (non-hydrogen) atoms. The highest BCUT2D eigenvalue weighted by Crippen LogP contribution is 2.37. The van der Waals surface area contributed by atoms with Crippen LogP contribution >= 0.6 is 22.9 Å². The number of nitro groups is 1. The summed E-state index contributed by atoms with van der Waals surface area (Å²) in [6, 6.07) is 11.5. The van der Waals surface area contributed by atoms with Crippen molar-refractivity contribution in [2.75, 3.05) is 5.32 Å². The molecule has 1 N–H and O–H groups in total. The van der Waals surface area contributed by atoms with Crippen LogP contribution in [0.4, 0.5) is 11.4 Å². The summed E-state index contributed by atoms with van der Waals surface area (Å²) in [5.41, 5.74) is 1.54. The van der Waals surface area contributed by atoms with Crippen molar-refractivity contribution >= 4 is 40.2 Å². The number of fused-ring (bicyclic) bond motifs is 1. The predicted octanol–water partition coefficient (Wildman–Crippen LogP) is 4.47. The molecule has 0 fully saturated rings. The third-order valence-electron chi connectivity index (χ3n) is 4.26. The lowest BCUT2D eigenvalue weighted by atomic mass is 10.2. The zero-order valence-electron chi connectivity index (χ0n) is 13.8. The first kappa shape index (κ1) is 17.4. The normalized spacial score (nSPS) is 15.7. The van der Waals surface area contributed by atoms with Gasteiger partial charge >= 0.3 is 0 Å². The first-order chi connectivity index (χ1) is 13.0. The second kappa shape index (κ2) is 6.98. The highest BCUT2D eigenvalue weighted by Gasteiger charge is 2.38. The number of amides is 1. The van der Waals surface area contributed by atoms with Gasteiger partial charge in [-0.2, -0.15) is 0 Å². The zero-order valence-corrected chi connectivity index (χ0v) is 15.4. The van der Waals surface area contributed by atoms with Crippen molar-refractivity contribution in [1.82, 2.24) is 9.88 Å². The van der Waals surface area contributed by atoms with Gasteiger partial charge in [-0.25, -0.2) is 0 Å². The van der Waals surface area contributed by atoms with Gasteiger partial charge in [-0.3, -0.25) is 19.9 Å². The SMILES string of the molecule is O=C1c2cccnc2[C@H](Nc2ccc([N+](=O)[O-])cc2Cl)N1Cc1cccs1. The van der Waals surface area contributed by atoms with Crippen LogP contribution in [0.25, 0.3) is 0 Å². The number of pyridine rings is 1. The molecular weight excluding hydrogens is 388 g/mol. The van der Waals surface area contributed by atoms with Crippen molar-refractivity contribution < 1.29 is 9.72 Å². The maximum atomic E-state index is 12.9. The second-order valence-electron chi connectivity index (χ2n) is 5.92. The maximum Gasteiger partial charge on any atom is 0.271 e. The van der Waals surface area contributed by atoms with Crippen molar-refractivity contribution in [3.05, 3.63) is 85.3 Å². The van der Waals surface area contributed by atoms with E-state index in [2.05, 4.69) is 10.3 Å². The van der Waals surface area contributed by atoms with Crippen molar-refractivity contribution in [2.24, 2.45) is 0 Å². The van der Waals surface area contributed by atoms with Crippen molar-refractivity contribution in [3.63, 3.8) is 0 Å². The summed E-state index contributed by atoms with van der Waals surface area (Å²) < 4.78 is 0. The fraction of sp³-hybridized carbons (Fsp3) is 0.111. The van der Waals surface area contributed by atoms with Gasteiger partial charge in [0.25, 0.3) is 11.6 Å². The van der Waals surface area contributed by atoms with Gasteiger partial charge in [0.15, 0.2) is 0 Å². The molecule has 1 amide bonds. The molecule has 1 aromatic carbocycles. The third kappa shape index (κ3) is 3.24. The number of aromatic nitrogens is 1. The van der Waals surface area contributed by atoms with Gasteiger partial charge in [0.2, 0.25) is 0 Å². The number of nitro benzene ring substituents is 1. The van der Waals surface area contributed by atoms with Crippen LogP contribution in [-0.2, 0) is 6.54 Å². The van der Waals surface area contributed by atoms with E-state index in [0.717, 1.165) is 4.88 Å². The number of anilines is 1. The van der Waals surface area contributed by atoms with E-state index in [-0.39, 0.29) is 16.6 Å². The van der Waals surface area contributed by atoms with Crippen molar-refractivity contribution in [1.29, 1.82) is 0 Å². The molecule has 0 saturated carbocycles. The molecule has 1 aliphatic heterocycles. The topological polar surface area (TPSA) is 88.4 Å². The van der Waals surface area contributed by atoms with Crippen LogP contribution in [0.3, 0.4) is 0 Å². The summed E-state index contributed by atoms with van der Waals surface area (Å²) in [5.74, 6) is -0.123. The lowest BCUT2D eigenvalue weighted by molar-refractivity contribution is -0.384. The number of nitrogens with zero attached hydrogens (tertiary/aromatic N) is 3. The molecule has 4 rings (SSSR count). The summed E-state index contributed by atoms with van der Waals surface area (Å²) in [5, 5.41) is 16.3. The van der Waals surface area contributed by atoms with E-state index < -0.39 is 11.1 Å². The summed E-state index contributed by atoms with van der Waals surface area (Å²) in [7, 11) is 0. The number of halogens is 1. The van der Waals surface area contributed by atoms with E-state index in [0.29, 0.717) is 23.5 Å². The van der Waals surface area contributed by atoms with Gasteiger partial charge in [-0.15, -0.1) is 11.3 Å². The van der Waals surface area contributed by atoms with E-state index >= 15 is 0 Å². The van der Waals surface area contributed by atoms with Gasteiger partial charge in [0, 0.05) is 23.2 Å². The molecule has 0 bridgehead atoms. The average Bonchev–Trinajstić information content (AvgIpc) is 3.26. The predicted molar refractivity (Wildman–Crippen MR) is 103 cm³/mol. The molecule has 2 aromatic heterocycles. The lowest BCUT2D eigenvalue weighted by Gasteiger charge is -2.26. The zero-order chi connectivity index (χ0) is 19.0. The van der Waals surface area contributed by atoms with Crippen LogP contribution in [0.15, 0.2) is 54.0 Å². The number of non-ortho nitro benzene ring substituents is 1. The molecule has 1 aliphatic rings. The molecule has 0 radical (unpaired) electrons. The van der Waals surface area contributed by atoms with E-state index in [1.807, 2.05) is 17.5 Å². The molecule has 0 aliphatic carbocycles. The molecule has 136 valence electrons. The Bertz CT molecular complexity index is 1030. The van der Waals surface area contributed by atoms with E-state index in [4.69, 9.17) is 11.6 Å². The molecular formula is C18H13ClN4O3S. The number of rotatable bonds is 5. The van der Waals surface area contributed by atoms with Gasteiger partial charge in [0.05, 0.1) is 33.4 Å². The highest BCUT2D eigenvalue weighted by atomic mass is 35.5. The number of carbonyl (C=O) groups excluding carboxylic acids is 1. The average molecular weight is 401 g/mol. The number of thiophene rings is 1. The first-order valence-electron chi connectivity index (χ1n) is 8.03. The van der Waals surface area contributed by atoms with Crippen LogP contribution in [-0.4, -0.2) is 20.7 Å². The number of hydrogen-bond acceptors (Lipinski definition) is 6. The smallest absolute Gasteiger partial charge is 0.271 e. The van der Waals surface area contributed by atoms with E-state index in [9.17, 15) is 14.9 Å². The monoisotopic (exact) mass is 400 g/mol. The molecule has 0 saturated heterocycles. The number of nitrogens with one attached hydrogen (secondary N) is 1. The van der Waals surface area contributed by atoms with Gasteiger partial charge in [-0.05, 0) is 29.6 Å². The Morgan fingerprint density at radius 3 is 2.85 bits per heavy atom. The Kier molecular flexibility index (Phi) is 4.51. The molecule has 3 aromatic rings. The summed E-state index contributed by atoms with van der Waals surface area (Å²) in [4.78, 5) is 30.4. The molecule has 7 nitrogen and oxygen atoms in total. The Balaban J connectivity index is 1.69. The van der Waals surface area contributed by atoms with Crippen LogP contribution in [0.2, 0.25) is 5.02 Å². The third-order valence-corrected chi connectivity index (χ3v) is 5.44. The Morgan fingerprint density at radius 1 is 1.30 bits per heavy atom. The van der Waals surface area contributed by atoms with Crippen LogP contribution < -0.4 is 5.32 Å². The quantitative estimate of drug-likeness (QED) is 0.504. The standard InChI is InChI=1S/C18H13ClN4O3S/c19-14-9-11(23(25)26)5-6-15(14)21-17-16-13(4-1-7-20-16)18(24)22(17)10-12-3-2-8-27-12/h1-9,17,21H,10H2/t17-/m1/s1. The Morgan fingerprint density at radius 2 is 2.15 bits per heavy atom. The fourth-order valence-electron chi connectivity index (χ4n) is 3.00. The fourth-order valence-corrected chi connectivity index (χ4v) is 3.93. The largest absolute Gasteiger partial charge is 0.359 e. The second-order valence-corrected chi connectivity index (χ2v) is 7.36. The van der Waals surface area contributed by atoms with Crippen molar-refractivity contribution in [2.45, 2.75) is 12.7 Å². The first-order valence-corrected chi connectivity index (χ1v) is 9.29. The molecule has 3 heterocycles. The summed E-state index contributed by atoms with van der Waals surface area (Å²) in [6.07, 6.45) is 1.11. The van der Waals surface area contributed by atoms with E-state index in [1.165, 1.54) is 18.2 Å². The Hall–Kier alpha value is -2.97. The Labute approximate surface area is 163 Å². The summed E-state index contributed by atoms with van der Waals surface area (Å²) in [6.45, 7) is 0.426. The molecule has 0 spiro atoms. The minimum absolute atomic E-state index is 0.0954. The minimum Gasteiger partial charge on any atom is -0.359 e. The van der Waals surface area contributed by atoms with E-state index in [1.54, 1.807) is 34.6 Å². The molecule has 0 unspecified atom stereocenters. The maximum absolute atomic E-state index is 12.9. The van der Waals surface area contributed by atoms with Crippen molar-refractivity contribution in [3.8, 4) is 0 Å². The van der Waals surface area contributed by atoms with Gasteiger partial charge in [-0.1, -0.05) is 17.7 Å². The number of carbonyl (C=O) groups is 1. The highest BCUT2D eigenvalue weighted by molar-refractivity contribution is 7.09. The van der Waals surface area contributed by atoms with Gasteiger partial charge < -0.3 is 10.2 Å². The van der Waals surface area contributed by atoms with Crippen LogP contribution in [0.5, 0.6) is 0 Å². The summed E-state index contributed by atoms with van der Waals surface area (Å²) >= 11 is 7.78. The number of benzene rings is 1. The van der Waals surface area contributed by atoms with Crippen LogP contribution in [0, 0.1) is 10.1 Å². The van der Waals surface area contributed by atoms with Crippen LogP contribution in [0.1, 0.15) is 27.1 Å².